The van der Waals surface area contributed by atoms with Crippen LogP contribution in [0.3, 0.4) is 0 Å². The number of rotatable bonds is 5. The van der Waals surface area contributed by atoms with Gasteiger partial charge in [0.25, 0.3) is 0 Å². The Labute approximate surface area is 128 Å². The molecule has 0 fully saturated rings. The first kappa shape index (κ1) is 15.7. The van der Waals surface area contributed by atoms with Gasteiger partial charge in [0.05, 0.1) is 0 Å². The lowest BCUT2D eigenvalue weighted by molar-refractivity contribution is 0.503. The van der Waals surface area contributed by atoms with Gasteiger partial charge in [0.1, 0.15) is 0 Å². The monoisotopic (exact) mass is 301 g/mol. The number of aryl methyl sites for hydroxylation is 3. The summed E-state index contributed by atoms with van der Waals surface area (Å²) in [5, 5.41) is 0. The van der Waals surface area contributed by atoms with Crippen molar-refractivity contribution < 1.29 is 9.09 Å². The molecule has 0 saturated heterocycles. The zero-order valence-electron chi connectivity index (χ0n) is 13.1. The second-order valence-electron chi connectivity index (χ2n) is 5.40. The van der Waals surface area contributed by atoms with Crippen LogP contribution >= 0.6 is 8.03 Å². The Morgan fingerprint density at radius 1 is 1.05 bits per heavy atom. The Morgan fingerprint density at radius 3 is 2.29 bits per heavy atom. The van der Waals surface area contributed by atoms with Crippen LogP contribution in [-0.4, -0.2) is 6.16 Å². The van der Waals surface area contributed by atoms with Gasteiger partial charge >= 0.3 is 8.03 Å². The topological polar surface area (TPSA) is 26.3 Å². The highest BCUT2D eigenvalue weighted by atomic mass is 31.1. The zero-order chi connectivity index (χ0) is 15.4. The van der Waals surface area contributed by atoms with Crippen molar-refractivity contribution in [3.05, 3.63) is 64.2 Å². The van der Waals surface area contributed by atoms with E-state index in [0.29, 0.717) is 6.16 Å². The van der Waals surface area contributed by atoms with Gasteiger partial charge in [-0.25, -0.2) is 0 Å². The summed E-state index contributed by atoms with van der Waals surface area (Å²) in [7, 11) is -1.62. The molecule has 0 heterocycles. The van der Waals surface area contributed by atoms with Crippen LogP contribution in [0.5, 0.6) is 5.75 Å². The molecule has 0 amide bonds. The molecule has 2 aromatic rings. The molecule has 110 valence electrons. The zero-order valence-corrected chi connectivity index (χ0v) is 14.0. The lowest BCUT2D eigenvalue weighted by Crippen LogP contribution is -1.98. The lowest BCUT2D eigenvalue weighted by Gasteiger charge is -2.12. The molecular weight excluding hydrogens is 279 g/mol. The summed E-state index contributed by atoms with van der Waals surface area (Å²) < 4.78 is 17.3. The number of hydrogen-bond acceptors (Lipinski definition) is 2. The van der Waals surface area contributed by atoms with Crippen molar-refractivity contribution in [2.24, 2.45) is 0 Å². The van der Waals surface area contributed by atoms with Crippen molar-refractivity contribution in [1.82, 2.24) is 0 Å². The van der Waals surface area contributed by atoms with Crippen LogP contribution in [0.2, 0.25) is 0 Å². The third kappa shape index (κ3) is 3.92. The summed E-state index contributed by atoms with van der Waals surface area (Å²) in [5.41, 5.74) is 6.28. The molecular formula is C18H22O2P+. The molecule has 0 bridgehead atoms. The number of hydrogen-bond donors (Lipinski definition) is 0. The molecule has 1 unspecified atom stereocenters. The SMILES string of the molecule is CC[P+](=O)Oc1ccccc1Cc1c(C)cc(C)cc1C. The van der Waals surface area contributed by atoms with Crippen molar-refractivity contribution >= 4 is 8.03 Å². The van der Waals surface area contributed by atoms with Crippen LogP contribution in [0.4, 0.5) is 0 Å². The summed E-state index contributed by atoms with van der Waals surface area (Å²) in [6, 6.07) is 12.3. The maximum absolute atomic E-state index is 11.7. The van der Waals surface area contributed by atoms with Gasteiger partial charge in [0.2, 0.25) is 0 Å². The molecule has 21 heavy (non-hydrogen) atoms. The van der Waals surface area contributed by atoms with Gasteiger partial charge in [0, 0.05) is 12.0 Å². The van der Waals surface area contributed by atoms with E-state index in [9.17, 15) is 4.57 Å². The van der Waals surface area contributed by atoms with E-state index in [4.69, 9.17) is 4.52 Å². The normalized spacial score (nSPS) is 11.3. The summed E-state index contributed by atoms with van der Waals surface area (Å²) >= 11 is 0. The summed E-state index contributed by atoms with van der Waals surface area (Å²) in [5.74, 6) is 0.736. The van der Waals surface area contributed by atoms with Crippen LogP contribution in [0.1, 0.15) is 34.7 Å². The number of para-hydroxylation sites is 1. The third-order valence-electron chi connectivity index (χ3n) is 3.64. The Kier molecular flexibility index (Phi) is 5.14. The fraction of sp³-hybridized carbons (Fsp3) is 0.333. The first-order chi connectivity index (χ1) is 10.0. The van der Waals surface area contributed by atoms with Gasteiger partial charge in [-0.3, -0.25) is 4.52 Å². The van der Waals surface area contributed by atoms with Crippen molar-refractivity contribution in [2.75, 3.05) is 6.16 Å². The molecule has 0 aliphatic rings. The van der Waals surface area contributed by atoms with E-state index in [1.54, 1.807) is 0 Å². The van der Waals surface area contributed by atoms with Gasteiger partial charge in [-0.2, -0.15) is 0 Å². The second kappa shape index (κ2) is 6.87. The first-order valence-corrected chi connectivity index (χ1v) is 8.64. The standard InChI is InChI=1S/C18H22O2P/c1-5-21(19)20-18-9-7-6-8-16(18)12-17-14(3)10-13(2)11-15(17)4/h6-11H,5,12H2,1-4H3/q+1. The minimum atomic E-state index is -1.62. The second-order valence-corrected chi connectivity index (χ2v) is 6.88. The average Bonchev–Trinajstić information content (AvgIpc) is 2.44. The maximum Gasteiger partial charge on any atom is 0.555 e. The summed E-state index contributed by atoms with van der Waals surface area (Å²) in [6.45, 7) is 8.28. The molecule has 0 aliphatic heterocycles. The smallest absolute Gasteiger partial charge is 0.254 e. The Morgan fingerprint density at radius 2 is 1.67 bits per heavy atom. The van der Waals surface area contributed by atoms with Crippen LogP contribution < -0.4 is 4.52 Å². The Bertz CT molecular complexity index is 639. The highest BCUT2D eigenvalue weighted by Gasteiger charge is 2.18. The molecule has 3 heteroatoms. The predicted octanol–water partition coefficient (Wildman–Crippen LogP) is 5.34. The van der Waals surface area contributed by atoms with Crippen molar-refractivity contribution in [3.63, 3.8) is 0 Å². The van der Waals surface area contributed by atoms with Crippen LogP contribution in [0.25, 0.3) is 0 Å². The Hall–Kier alpha value is -1.66. The van der Waals surface area contributed by atoms with Crippen molar-refractivity contribution in [3.8, 4) is 5.75 Å². The van der Waals surface area contributed by atoms with E-state index in [0.717, 1.165) is 17.7 Å². The molecule has 0 aliphatic carbocycles. The summed E-state index contributed by atoms with van der Waals surface area (Å²) in [6.07, 6.45) is 1.34. The fourth-order valence-electron chi connectivity index (χ4n) is 2.59. The van der Waals surface area contributed by atoms with E-state index in [2.05, 4.69) is 32.9 Å². The molecule has 0 aromatic heterocycles. The van der Waals surface area contributed by atoms with E-state index in [-0.39, 0.29) is 0 Å². The molecule has 2 nitrogen and oxygen atoms in total. The minimum Gasteiger partial charge on any atom is -0.254 e. The van der Waals surface area contributed by atoms with Crippen LogP contribution in [0, 0.1) is 20.8 Å². The van der Waals surface area contributed by atoms with Gasteiger partial charge < -0.3 is 0 Å². The van der Waals surface area contributed by atoms with Gasteiger partial charge in [0.15, 0.2) is 11.9 Å². The van der Waals surface area contributed by atoms with Crippen molar-refractivity contribution in [2.45, 2.75) is 34.1 Å². The largest absolute Gasteiger partial charge is 0.555 e. The molecule has 2 aromatic carbocycles. The Balaban J connectivity index is 2.34. The molecule has 0 radical (unpaired) electrons. The first-order valence-electron chi connectivity index (χ1n) is 7.28. The number of benzene rings is 2. The van der Waals surface area contributed by atoms with Crippen LogP contribution in [-0.2, 0) is 11.0 Å². The van der Waals surface area contributed by atoms with E-state index in [1.165, 1.54) is 22.3 Å². The lowest BCUT2D eigenvalue weighted by atomic mass is 9.94. The quantitative estimate of drug-likeness (QED) is 0.696. The molecule has 0 spiro atoms. The third-order valence-corrected chi connectivity index (χ3v) is 4.56. The van der Waals surface area contributed by atoms with E-state index < -0.39 is 8.03 Å². The fourth-order valence-corrected chi connectivity index (χ4v) is 3.12. The van der Waals surface area contributed by atoms with Crippen LogP contribution in [0.15, 0.2) is 36.4 Å². The minimum absolute atomic E-state index is 0.534. The maximum atomic E-state index is 11.7. The van der Waals surface area contributed by atoms with E-state index in [1.807, 2.05) is 31.2 Å². The highest BCUT2D eigenvalue weighted by Crippen LogP contribution is 2.31. The van der Waals surface area contributed by atoms with Crippen molar-refractivity contribution in [1.29, 1.82) is 0 Å². The molecule has 0 saturated carbocycles. The summed E-state index contributed by atoms with van der Waals surface area (Å²) in [4.78, 5) is 0. The van der Waals surface area contributed by atoms with Gasteiger partial charge in [-0.05, 0) is 55.0 Å². The van der Waals surface area contributed by atoms with Gasteiger partial charge in [-0.1, -0.05) is 35.9 Å². The molecule has 0 N–H and O–H groups in total. The molecule has 1 atom stereocenters. The highest BCUT2D eigenvalue weighted by molar-refractivity contribution is 7.39. The predicted molar refractivity (Wildman–Crippen MR) is 88.7 cm³/mol. The van der Waals surface area contributed by atoms with E-state index >= 15 is 0 Å². The molecule has 2 rings (SSSR count). The van der Waals surface area contributed by atoms with Gasteiger partial charge in [-0.15, -0.1) is 0 Å². The average molecular weight is 301 g/mol.